The molecule has 8 heteroatoms. The molecule has 2 N–H and O–H groups in total. The molecule has 0 amide bonds. The van der Waals surface area contributed by atoms with E-state index in [0.29, 0.717) is 17.8 Å². The number of aromatic nitrogens is 3. The molecule has 0 radical (unpaired) electrons. The SMILES string of the molecule is CCN(CC)c1ccc(C=NNc2nc(Nc3ccccc3)nc(N3CCCCC3)n2)cc1. The number of hydrogen-bond donors (Lipinski definition) is 2. The largest absolute Gasteiger partial charge is 0.372 e. The average molecular weight is 445 g/mol. The molecule has 1 aromatic heterocycles. The fraction of sp³-hybridized carbons (Fsp3) is 0.360. The Hall–Kier alpha value is -3.68. The number of nitrogens with zero attached hydrogens (tertiary/aromatic N) is 6. The number of benzene rings is 2. The van der Waals surface area contributed by atoms with E-state index in [1.54, 1.807) is 6.21 Å². The molecule has 4 rings (SSSR count). The molecule has 172 valence electrons. The maximum Gasteiger partial charge on any atom is 0.250 e. The minimum atomic E-state index is 0.417. The van der Waals surface area contributed by atoms with E-state index in [4.69, 9.17) is 0 Å². The molecule has 0 bridgehead atoms. The van der Waals surface area contributed by atoms with Gasteiger partial charge >= 0.3 is 0 Å². The molecule has 2 aromatic carbocycles. The van der Waals surface area contributed by atoms with Crippen molar-refractivity contribution in [3.8, 4) is 0 Å². The molecule has 1 aliphatic heterocycles. The average Bonchev–Trinajstić information content (AvgIpc) is 2.87. The lowest BCUT2D eigenvalue weighted by Crippen LogP contribution is -2.31. The van der Waals surface area contributed by atoms with Crippen LogP contribution < -0.4 is 20.5 Å². The monoisotopic (exact) mass is 444 g/mol. The van der Waals surface area contributed by atoms with E-state index >= 15 is 0 Å². The van der Waals surface area contributed by atoms with Gasteiger partial charge in [-0.15, -0.1) is 0 Å². The number of para-hydroxylation sites is 1. The summed E-state index contributed by atoms with van der Waals surface area (Å²) in [5.74, 6) is 1.59. The molecule has 0 spiro atoms. The summed E-state index contributed by atoms with van der Waals surface area (Å²) in [6, 6.07) is 18.3. The molecular weight excluding hydrogens is 412 g/mol. The van der Waals surface area contributed by atoms with Gasteiger partial charge in [-0.1, -0.05) is 30.3 Å². The van der Waals surface area contributed by atoms with Gasteiger partial charge in [-0.05, 0) is 62.9 Å². The first-order chi connectivity index (χ1) is 16.2. The van der Waals surface area contributed by atoms with Gasteiger partial charge in [0.25, 0.3) is 0 Å². The van der Waals surface area contributed by atoms with Crippen molar-refractivity contribution in [1.29, 1.82) is 0 Å². The highest BCUT2D eigenvalue weighted by Gasteiger charge is 2.16. The topological polar surface area (TPSA) is 81.6 Å². The highest BCUT2D eigenvalue weighted by Crippen LogP contribution is 2.21. The van der Waals surface area contributed by atoms with Gasteiger partial charge in [-0.25, -0.2) is 5.43 Å². The number of piperidine rings is 1. The van der Waals surface area contributed by atoms with Gasteiger partial charge in [-0.3, -0.25) is 0 Å². The Kier molecular flexibility index (Phi) is 7.68. The Morgan fingerprint density at radius 2 is 1.58 bits per heavy atom. The molecule has 33 heavy (non-hydrogen) atoms. The Labute approximate surface area is 195 Å². The van der Waals surface area contributed by atoms with Crippen LogP contribution >= 0.6 is 0 Å². The minimum absolute atomic E-state index is 0.417. The Morgan fingerprint density at radius 1 is 0.879 bits per heavy atom. The predicted octanol–water partition coefficient (Wildman–Crippen LogP) is 4.90. The van der Waals surface area contributed by atoms with Crippen molar-refractivity contribution < 1.29 is 0 Å². The van der Waals surface area contributed by atoms with Gasteiger partial charge in [0.2, 0.25) is 17.8 Å². The molecule has 1 fully saturated rings. The van der Waals surface area contributed by atoms with Gasteiger partial charge in [-0.2, -0.15) is 20.1 Å². The van der Waals surface area contributed by atoms with Crippen molar-refractivity contribution in [2.45, 2.75) is 33.1 Å². The van der Waals surface area contributed by atoms with Crippen LogP contribution in [0.3, 0.4) is 0 Å². The van der Waals surface area contributed by atoms with Gasteiger partial charge in [0, 0.05) is 37.6 Å². The van der Waals surface area contributed by atoms with Gasteiger partial charge in [0.05, 0.1) is 6.21 Å². The Bertz CT molecular complexity index is 1030. The van der Waals surface area contributed by atoms with Crippen LogP contribution in [0.25, 0.3) is 0 Å². The molecule has 2 heterocycles. The summed E-state index contributed by atoms with van der Waals surface area (Å²) in [5, 5.41) is 7.65. The van der Waals surface area contributed by atoms with E-state index in [-0.39, 0.29) is 0 Å². The molecule has 0 atom stereocenters. The second-order valence-corrected chi connectivity index (χ2v) is 7.96. The summed E-state index contributed by atoms with van der Waals surface area (Å²) in [6.07, 6.45) is 5.33. The van der Waals surface area contributed by atoms with Crippen LogP contribution in [0, 0.1) is 0 Å². The molecular formula is C25H32N8. The van der Waals surface area contributed by atoms with Crippen LogP contribution in [0.15, 0.2) is 59.7 Å². The van der Waals surface area contributed by atoms with Crippen molar-refractivity contribution in [2.24, 2.45) is 5.10 Å². The summed E-state index contributed by atoms with van der Waals surface area (Å²) in [4.78, 5) is 18.3. The summed E-state index contributed by atoms with van der Waals surface area (Å²) >= 11 is 0. The molecule has 0 unspecified atom stereocenters. The zero-order chi connectivity index (χ0) is 22.9. The lowest BCUT2D eigenvalue weighted by molar-refractivity contribution is 0.568. The van der Waals surface area contributed by atoms with E-state index in [9.17, 15) is 0 Å². The van der Waals surface area contributed by atoms with Crippen molar-refractivity contribution in [3.05, 3.63) is 60.2 Å². The lowest BCUT2D eigenvalue weighted by atomic mass is 10.1. The van der Waals surface area contributed by atoms with E-state index < -0.39 is 0 Å². The number of rotatable bonds is 9. The summed E-state index contributed by atoms with van der Waals surface area (Å²) in [6.45, 7) is 8.22. The van der Waals surface area contributed by atoms with Crippen molar-refractivity contribution in [1.82, 2.24) is 15.0 Å². The van der Waals surface area contributed by atoms with Crippen LogP contribution in [-0.4, -0.2) is 47.3 Å². The molecule has 8 nitrogen and oxygen atoms in total. The third kappa shape index (κ3) is 6.19. The van der Waals surface area contributed by atoms with Gasteiger partial charge < -0.3 is 15.1 Å². The van der Waals surface area contributed by atoms with E-state index in [2.05, 4.69) is 78.7 Å². The fourth-order valence-corrected chi connectivity index (χ4v) is 3.88. The first-order valence-corrected chi connectivity index (χ1v) is 11.7. The van der Waals surface area contributed by atoms with Crippen molar-refractivity contribution in [3.63, 3.8) is 0 Å². The van der Waals surface area contributed by atoms with Crippen molar-refractivity contribution in [2.75, 3.05) is 46.7 Å². The second kappa shape index (κ2) is 11.3. The van der Waals surface area contributed by atoms with Gasteiger partial charge in [0.1, 0.15) is 0 Å². The summed E-state index contributed by atoms with van der Waals surface area (Å²) < 4.78 is 0. The van der Waals surface area contributed by atoms with Crippen LogP contribution in [-0.2, 0) is 0 Å². The van der Waals surface area contributed by atoms with Crippen LogP contribution in [0.1, 0.15) is 38.7 Å². The fourth-order valence-electron chi connectivity index (χ4n) is 3.88. The Morgan fingerprint density at radius 3 is 2.27 bits per heavy atom. The summed E-state index contributed by atoms with van der Waals surface area (Å²) in [7, 11) is 0. The first kappa shape index (κ1) is 22.5. The molecule has 0 saturated carbocycles. The highest BCUT2D eigenvalue weighted by molar-refractivity contribution is 5.80. The Balaban J connectivity index is 1.50. The molecule has 1 saturated heterocycles. The third-order valence-corrected chi connectivity index (χ3v) is 5.69. The molecule has 3 aromatic rings. The zero-order valence-electron chi connectivity index (χ0n) is 19.4. The molecule has 0 aliphatic carbocycles. The minimum Gasteiger partial charge on any atom is -0.372 e. The van der Waals surface area contributed by atoms with Crippen LogP contribution in [0.4, 0.5) is 29.2 Å². The highest BCUT2D eigenvalue weighted by atomic mass is 15.4. The van der Waals surface area contributed by atoms with Crippen LogP contribution in [0.2, 0.25) is 0 Å². The number of anilines is 5. The van der Waals surface area contributed by atoms with E-state index in [1.807, 2.05) is 30.3 Å². The van der Waals surface area contributed by atoms with Crippen LogP contribution in [0.5, 0.6) is 0 Å². The normalized spacial score (nSPS) is 13.8. The lowest BCUT2D eigenvalue weighted by Gasteiger charge is -2.26. The number of hydrogen-bond acceptors (Lipinski definition) is 8. The van der Waals surface area contributed by atoms with E-state index in [0.717, 1.165) is 50.3 Å². The standard InChI is InChI=1S/C25H32N8/c1-3-32(4-2)22-15-13-20(14-16-22)19-26-31-24-28-23(27-21-11-7-5-8-12-21)29-25(30-24)33-17-9-6-10-18-33/h5,7-8,11-16,19H,3-4,6,9-10,17-18H2,1-2H3,(H2,27,28,29,30,31). The van der Waals surface area contributed by atoms with Gasteiger partial charge in [0.15, 0.2) is 0 Å². The first-order valence-electron chi connectivity index (χ1n) is 11.7. The number of hydrazone groups is 1. The maximum absolute atomic E-state index is 4.66. The van der Waals surface area contributed by atoms with E-state index in [1.165, 1.54) is 12.1 Å². The smallest absolute Gasteiger partial charge is 0.250 e. The second-order valence-electron chi connectivity index (χ2n) is 7.96. The molecule has 1 aliphatic rings. The summed E-state index contributed by atoms with van der Waals surface area (Å²) in [5.41, 5.74) is 6.13. The predicted molar refractivity (Wildman–Crippen MR) is 137 cm³/mol. The van der Waals surface area contributed by atoms with Crippen molar-refractivity contribution >= 4 is 35.4 Å². The quantitative estimate of drug-likeness (QED) is 0.359. The zero-order valence-corrected chi connectivity index (χ0v) is 19.4. The number of nitrogens with one attached hydrogen (secondary N) is 2. The maximum atomic E-state index is 4.66. The third-order valence-electron chi connectivity index (χ3n) is 5.69.